The maximum Gasteiger partial charge on any atom is 0.295 e. The number of nitrogens with zero attached hydrogens (tertiary/aromatic N) is 2. The third-order valence-electron chi connectivity index (χ3n) is 6.30. The van der Waals surface area contributed by atoms with Gasteiger partial charge in [0.05, 0.1) is 38.0 Å². The summed E-state index contributed by atoms with van der Waals surface area (Å²) in [6.45, 7) is 8.35. The summed E-state index contributed by atoms with van der Waals surface area (Å²) in [6.07, 6.45) is 0. The van der Waals surface area contributed by atoms with Gasteiger partial charge in [-0.25, -0.2) is 0 Å². The molecule has 0 bridgehead atoms. The molecule has 0 saturated carbocycles. The fraction of sp³-hybridized carbons (Fsp3) is 0.407. The Morgan fingerprint density at radius 1 is 1.00 bits per heavy atom. The molecule has 0 spiro atoms. The van der Waals surface area contributed by atoms with Crippen LogP contribution in [0.5, 0.6) is 11.5 Å². The van der Waals surface area contributed by atoms with Crippen molar-refractivity contribution in [2.75, 3.05) is 52.6 Å². The fourth-order valence-electron chi connectivity index (χ4n) is 4.53. The molecule has 4 rings (SSSR count). The third kappa shape index (κ3) is 5.51. The lowest BCUT2D eigenvalue weighted by Gasteiger charge is -2.31. The minimum Gasteiger partial charge on any atom is -0.507 e. The predicted octanol–water partition coefficient (Wildman–Crippen LogP) is 3.89. The van der Waals surface area contributed by atoms with Crippen LogP contribution in [0.15, 0.2) is 48.0 Å². The number of likely N-dealkylation sites (tertiary alicyclic amines) is 1. The molecular formula is C27H31ClN2O6. The number of hydrogen-bond acceptors (Lipinski definition) is 7. The largest absolute Gasteiger partial charge is 0.507 e. The molecule has 9 heteroatoms. The van der Waals surface area contributed by atoms with E-state index in [0.717, 1.165) is 13.1 Å². The van der Waals surface area contributed by atoms with Gasteiger partial charge in [-0.05, 0) is 55.8 Å². The molecule has 36 heavy (non-hydrogen) atoms. The molecule has 2 aromatic carbocycles. The lowest BCUT2D eigenvalue weighted by molar-refractivity contribution is -0.140. The van der Waals surface area contributed by atoms with Crippen LogP contribution >= 0.6 is 11.6 Å². The zero-order chi connectivity index (χ0) is 25.7. The van der Waals surface area contributed by atoms with E-state index < -0.39 is 17.7 Å². The van der Waals surface area contributed by atoms with Crippen LogP contribution in [0.4, 0.5) is 0 Å². The lowest BCUT2D eigenvalue weighted by atomic mass is 9.95. The molecule has 0 aliphatic carbocycles. The van der Waals surface area contributed by atoms with Crippen molar-refractivity contribution in [3.05, 3.63) is 64.2 Å². The summed E-state index contributed by atoms with van der Waals surface area (Å²) in [5.41, 5.74) is 1.10. The van der Waals surface area contributed by atoms with Crippen LogP contribution < -0.4 is 9.47 Å². The summed E-state index contributed by atoms with van der Waals surface area (Å²) in [5, 5.41) is 11.7. The summed E-state index contributed by atoms with van der Waals surface area (Å²) in [5.74, 6) is -0.513. The Balaban J connectivity index is 1.77. The first-order valence-electron chi connectivity index (χ1n) is 12.2. The van der Waals surface area contributed by atoms with Crippen LogP contribution in [-0.2, 0) is 14.3 Å². The Hall–Kier alpha value is -3.07. The van der Waals surface area contributed by atoms with Crippen molar-refractivity contribution in [3.8, 4) is 11.5 Å². The van der Waals surface area contributed by atoms with E-state index >= 15 is 0 Å². The highest BCUT2D eigenvalue weighted by molar-refractivity contribution is 6.46. The van der Waals surface area contributed by atoms with Gasteiger partial charge in [0.1, 0.15) is 5.76 Å². The molecule has 8 nitrogen and oxygen atoms in total. The number of ketones is 1. The molecule has 0 unspecified atom stereocenters. The van der Waals surface area contributed by atoms with Crippen molar-refractivity contribution >= 4 is 29.1 Å². The van der Waals surface area contributed by atoms with Gasteiger partial charge < -0.3 is 24.2 Å². The van der Waals surface area contributed by atoms with Crippen molar-refractivity contribution in [1.29, 1.82) is 0 Å². The average molecular weight is 515 g/mol. The Morgan fingerprint density at radius 3 is 2.33 bits per heavy atom. The van der Waals surface area contributed by atoms with Crippen LogP contribution in [0.2, 0.25) is 5.02 Å². The molecule has 0 radical (unpaired) electrons. The van der Waals surface area contributed by atoms with Crippen molar-refractivity contribution in [3.63, 3.8) is 0 Å². The van der Waals surface area contributed by atoms with E-state index in [-0.39, 0.29) is 11.3 Å². The van der Waals surface area contributed by atoms with E-state index in [2.05, 4.69) is 4.90 Å². The molecule has 1 N–H and O–H groups in total. The van der Waals surface area contributed by atoms with Crippen LogP contribution in [-0.4, -0.2) is 79.2 Å². The number of rotatable bonds is 9. The lowest BCUT2D eigenvalue weighted by Crippen LogP contribution is -2.42. The summed E-state index contributed by atoms with van der Waals surface area (Å²) in [7, 11) is 0. The monoisotopic (exact) mass is 514 g/mol. The Bertz CT molecular complexity index is 1130. The van der Waals surface area contributed by atoms with Gasteiger partial charge in [0.2, 0.25) is 0 Å². The third-order valence-corrected chi connectivity index (χ3v) is 6.55. The van der Waals surface area contributed by atoms with Crippen LogP contribution in [0.25, 0.3) is 5.76 Å². The second-order valence-corrected chi connectivity index (χ2v) is 8.96. The second-order valence-electron chi connectivity index (χ2n) is 8.53. The topological polar surface area (TPSA) is 88.5 Å². The van der Waals surface area contributed by atoms with Gasteiger partial charge in [-0.15, -0.1) is 0 Å². The van der Waals surface area contributed by atoms with Gasteiger partial charge in [-0.3, -0.25) is 14.5 Å². The maximum absolute atomic E-state index is 13.3. The Kier molecular flexibility index (Phi) is 8.51. The number of ether oxygens (including phenoxy) is 3. The quantitative estimate of drug-likeness (QED) is 0.308. The number of carbonyl (C=O) groups excluding carboxylic acids is 2. The molecule has 2 saturated heterocycles. The van der Waals surface area contributed by atoms with Gasteiger partial charge in [0.15, 0.2) is 11.5 Å². The number of hydrogen-bond donors (Lipinski definition) is 1. The van der Waals surface area contributed by atoms with E-state index in [9.17, 15) is 14.7 Å². The molecule has 0 aromatic heterocycles. The highest BCUT2D eigenvalue weighted by atomic mass is 35.5. The maximum atomic E-state index is 13.3. The average Bonchev–Trinajstić information content (AvgIpc) is 3.14. The number of amides is 1. The number of carbonyl (C=O) groups is 2. The smallest absolute Gasteiger partial charge is 0.295 e. The summed E-state index contributed by atoms with van der Waals surface area (Å²) < 4.78 is 16.9. The van der Waals surface area contributed by atoms with Crippen molar-refractivity contribution in [2.45, 2.75) is 19.9 Å². The number of aliphatic hydroxyl groups excluding tert-OH is 1. The van der Waals surface area contributed by atoms with Gasteiger partial charge in [-0.2, -0.15) is 0 Å². The van der Waals surface area contributed by atoms with Gasteiger partial charge in [0, 0.05) is 36.8 Å². The standard InChI is InChI=1S/C27H31ClN2O6/c1-3-35-21-10-7-19(17-22(21)36-4-2)24-23(25(31)18-5-8-20(28)9-6-18)26(32)27(33)30(24)12-11-29-13-15-34-16-14-29/h5-10,17,24,31H,3-4,11-16H2,1-2H3/b25-23+/t24-/m1/s1. The number of halogens is 1. The molecule has 2 fully saturated rings. The number of benzene rings is 2. The molecule has 2 heterocycles. The van der Waals surface area contributed by atoms with Crippen LogP contribution in [0.3, 0.4) is 0 Å². The number of aliphatic hydroxyl groups is 1. The van der Waals surface area contributed by atoms with E-state index in [1.807, 2.05) is 13.8 Å². The van der Waals surface area contributed by atoms with E-state index in [1.165, 1.54) is 4.90 Å². The summed E-state index contributed by atoms with van der Waals surface area (Å²) >= 11 is 6.01. The Morgan fingerprint density at radius 2 is 1.67 bits per heavy atom. The number of morpholine rings is 1. The first kappa shape index (κ1) is 26.0. The van der Waals surface area contributed by atoms with Crippen LogP contribution in [0.1, 0.15) is 31.0 Å². The second kappa shape index (κ2) is 11.8. The number of Topliss-reactive ketones (excluding diaryl/α,β-unsaturated/α-hetero) is 1. The first-order valence-corrected chi connectivity index (χ1v) is 12.6. The molecule has 1 amide bonds. The Labute approximate surface area is 216 Å². The minimum atomic E-state index is -0.781. The summed E-state index contributed by atoms with van der Waals surface area (Å²) in [6, 6.07) is 11.1. The fourth-order valence-corrected chi connectivity index (χ4v) is 4.66. The summed E-state index contributed by atoms with van der Waals surface area (Å²) in [4.78, 5) is 30.3. The minimum absolute atomic E-state index is 0.0379. The van der Waals surface area contributed by atoms with E-state index in [4.69, 9.17) is 25.8 Å². The molecule has 1 atom stereocenters. The zero-order valence-electron chi connectivity index (χ0n) is 20.5. The molecule has 2 aromatic rings. The van der Waals surface area contributed by atoms with Gasteiger partial charge >= 0.3 is 0 Å². The SMILES string of the molecule is CCOc1ccc([C@@H]2/C(=C(\O)c3ccc(Cl)cc3)C(=O)C(=O)N2CCN2CCOCC2)cc1OCC. The predicted molar refractivity (Wildman–Crippen MR) is 137 cm³/mol. The molecular weight excluding hydrogens is 484 g/mol. The zero-order valence-corrected chi connectivity index (χ0v) is 21.3. The molecule has 2 aliphatic rings. The van der Waals surface area contributed by atoms with Crippen molar-refractivity contribution in [2.24, 2.45) is 0 Å². The highest BCUT2D eigenvalue weighted by Crippen LogP contribution is 2.42. The van der Waals surface area contributed by atoms with E-state index in [1.54, 1.807) is 42.5 Å². The first-order chi connectivity index (χ1) is 17.4. The van der Waals surface area contributed by atoms with Gasteiger partial charge in [-0.1, -0.05) is 17.7 Å². The highest BCUT2D eigenvalue weighted by Gasteiger charge is 2.46. The van der Waals surface area contributed by atoms with E-state index in [0.29, 0.717) is 67.2 Å². The van der Waals surface area contributed by atoms with Crippen molar-refractivity contribution < 1.29 is 28.9 Å². The normalized spacial score (nSPS) is 20.1. The molecule has 2 aliphatic heterocycles. The van der Waals surface area contributed by atoms with Crippen LogP contribution in [0, 0.1) is 0 Å². The molecule has 192 valence electrons. The van der Waals surface area contributed by atoms with Crippen molar-refractivity contribution in [1.82, 2.24) is 9.80 Å². The van der Waals surface area contributed by atoms with Gasteiger partial charge in [0.25, 0.3) is 11.7 Å².